The summed E-state index contributed by atoms with van der Waals surface area (Å²) in [6, 6.07) is 0.783. The molecule has 0 unspecified atom stereocenters. The van der Waals surface area contributed by atoms with Crippen LogP contribution in [0, 0.1) is 5.41 Å². The van der Waals surface area contributed by atoms with Crippen LogP contribution in [0.25, 0.3) is 0 Å². The molecule has 1 fully saturated rings. The number of nitrogens with zero attached hydrogens (tertiary/aromatic N) is 1. The fraction of sp³-hybridized carbons (Fsp3) is 1.00. The van der Waals surface area contributed by atoms with Crippen LogP contribution < -0.4 is 5.32 Å². The van der Waals surface area contributed by atoms with Crippen LogP contribution in [0.15, 0.2) is 0 Å². The largest absolute Gasteiger partial charge is 0.396 e. The van der Waals surface area contributed by atoms with E-state index in [1.807, 2.05) is 0 Å². The van der Waals surface area contributed by atoms with Gasteiger partial charge in [0.25, 0.3) is 0 Å². The number of aliphatic hydroxyl groups excluding tert-OH is 1. The van der Waals surface area contributed by atoms with Gasteiger partial charge in [-0.15, -0.1) is 0 Å². The molecule has 0 spiro atoms. The van der Waals surface area contributed by atoms with Crippen molar-refractivity contribution < 1.29 is 5.11 Å². The van der Waals surface area contributed by atoms with Crippen molar-refractivity contribution in [2.24, 2.45) is 5.41 Å². The lowest BCUT2D eigenvalue weighted by Gasteiger charge is -2.44. The fourth-order valence-electron chi connectivity index (χ4n) is 3.02. The van der Waals surface area contributed by atoms with Crippen molar-refractivity contribution in [3.8, 4) is 0 Å². The van der Waals surface area contributed by atoms with Crippen molar-refractivity contribution in [1.82, 2.24) is 10.2 Å². The van der Waals surface area contributed by atoms with Crippen LogP contribution in [0.4, 0.5) is 0 Å². The van der Waals surface area contributed by atoms with Crippen LogP contribution >= 0.6 is 0 Å². The summed E-state index contributed by atoms with van der Waals surface area (Å²) in [5.41, 5.74) is 0.404. The Morgan fingerprint density at radius 3 is 2.32 bits per heavy atom. The summed E-state index contributed by atoms with van der Waals surface area (Å²) in [6.45, 7) is 11.6. The van der Waals surface area contributed by atoms with E-state index in [0.717, 1.165) is 32.1 Å². The van der Waals surface area contributed by atoms with E-state index < -0.39 is 0 Å². The van der Waals surface area contributed by atoms with E-state index in [0.29, 0.717) is 12.0 Å². The van der Waals surface area contributed by atoms with Gasteiger partial charge in [-0.25, -0.2) is 0 Å². The third-order valence-electron chi connectivity index (χ3n) is 4.98. The van der Waals surface area contributed by atoms with E-state index in [1.54, 1.807) is 0 Å². The molecular formula is C16H34N2O. The molecule has 0 saturated heterocycles. The van der Waals surface area contributed by atoms with Crippen molar-refractivity contribution in [1.29, 1.82) is 0 Å². The molecular weight excluding hydrogens is 236 g/mol. The second-order valence-corrected chi connectivity index (χ2v) is 6.12. The molecule has 1 saturated carbocycles. The van der Waals surface area contributed by atoms with E-state index >= 15 is 0 Å². The highest BCUT2D eigenvalue weighted by Crippen LogP contribution is 2.32. The van der Waals surface area contributed by atoms with Crippen LogP contribution in [0.2, 0.25) is 0 Å². The van der Waals surface area contributed by atoms with Gasteiger partial charge in [0.2, 0.25) is 0 Å². The molecule has 0 atom stereocenters. The molecule has 0 aromatic rings. The lowest BCUT2D eigenvalue weighted by atomic mass is 9.80. The molecule has 0 aliphatic heterocycles. The molecule has 1 aliphatic rings. The number of nitrogens with one attached hydrogen (secondary N) is 1. The molecule has 2 N–H and O–H groups in total. The zero-order chi connectivity index (χ0) is 14.1. The summed E-state index contributed by atoms with van der Waals surface area (Å²) in [5, 5.41) is 12.7. The first-order chi connectivity index (χ1) is 9.21. The molecule has 0 aromatic heterocycles. The monoisotopic (exact) mass is 270 g/mol. The van der Waals surface area contributed by atoms with E-state index in [1.165, 1.54) is 38.6 Å². The third kappa shape index (κ3) is 5.05. The summed E-state index contributed by atoms with van der Waals surface area (Å²) < 4.78 is 0. The van der Waals surface area contributed by atoms with Gasteiger partial charge >= 0.3 is 0 Å². The number of aliphatic hydroxyl groups is 1. The summed E-state index contributed by atoms with van der Waals surface area (Å²) in [6.07, 6.45) is 7.49. The minimum Gasteiger partial charge on any atom is -0.396 e. The van der Waals surface area contributed by atoms with Gasteiger partial charge in [0, 0.05) is 32.3 Å². The Morgan fingerprint density at radius 1 is 1.21 bits per heavy atom. The average molecular weight is 270 g/mol. The van der Waals surface area contributed by atoms with Crippen molar-refractivity contribution >= 4 is 0 Å². The van der Waals surface area contributed by atoms with E-state index in [2.05, 4.69) is 31.0 Å². The van der Waals surface area contributed by atoms with Gasteiger partial charge in [0.05, 0.1) is 0 Å². The molecule has 0 radical (unpaired) electrons. The van der Waals surface area contributed by atoms with E-state index in [-0.39, 0.29) is 0 Å². The van der Waals surface area contributed by atoms with E-state index in [9.17, 15) is 0 Å². The van der Waals surface area contributed by atoms with Gasteiger partial charge in [0.15, 0.2) is 0 Å². The highest BCUT2D eigenvalue weighted by atomic mass is 16.3. The number of hydrogen-bond donors (Lipinski definition) is 2. The Kier molecular flexibility index (Phi) is 7.96. The van der Waals surface area contributed by atoms with Crippen LogP contribution in [0.5, 0.6) is 0 Å². The predicted octanol–water partition coefficient (Wildman–Crippen LogP) is 2.64. The van der Waals surface area contributed by atoms with Gasteiger partial charge in [-0.05, 0) is 44.1 Å². The van der Waals surface area contributed by atoms with Crippen LogP contribution in [0.1, 0.15) is 59.3 Å². The molecule has 1 rings (SSSR count). The lowest BCUT2D eigenvalue weighted by Crippen LogP contribution is -2.49. The zero-order valence-corrected chi connectivity index (χ0v) is 13.2. The van der Waals surface area contributed by atoms with Crippen LogP contribution in [-0.2, 0) is 0 Å². The summed E-state index contributed by atoms with van der Waals surface area (Å²) >= 11 is 0. The second kappa shape index (κ2) is 8.93. The molecule has 0 bridgehead atoms. The fourth-order valence-corrected chi connectivity index (χ4v) is 3.02. The van der Waals surface area contributed by atoms with Gasteiger partial charge in [-0.2, -0.15) is 0 Å². The Bertz CT molecular complexity index is 225. The van der Waals surface area contributed by atoms with Crippen LogP contribution in [-0.4, -0.2) is 48.8 Å². The van der Waals surface area contributed by atoms with Crippen molar-refractivity contribution in [3.63, 3.8) is 0 Å². The topological polar surface area (TPSA) is 35.5 Å². The summed E-state index contributed by atoms with van der Waals surface area (Å²) in [4.78, 5) is 2.66. The molecule has 3 nitrogen and oxygen atoms in total. The summed E-state index contributed by atoms with van der Waals surface area (Å²) in [7, 11) is 0. The van der Waals surface area contributed by atoms with Gasteiger partial charge in [-0.3, -0.25) is 4.90 Å². The standard InChI is InChI=1S/C16H34N2O/c1-4-16(5-2,13-17-6-3)14-18(11-8-12-19)15-9-7-10-15/h15,17,19H,4-14H2,1-3H3. The van der Waals surface area contributed by atoms with Gasteiger partial charge < -0.3 is 10.4 Å². The maximum atomic E-state index is 9.10. The second-order valence-electron chi connectivity index (χ2n) is 6.12. The molecule has 19 heavy (non-hydrogen) atoms. The quantitative estimate of drug-likeness (QED) is 0.606. The minimum atomic E-state index is 0.321. The molecule has 3 heteroatoms. The maximum absolute atomic E-state index is 9.10. The summed E-state index contributed by atoms with van der Waals surface area (Å²) in [5.74, 6) is 0. The van der Waals surface area contributed by atoms with E-state index in [4.69, 9.17) is 5.11 Å². The third-order valence-corrected chi connectivity index (χ3v) is 4.98. The molecule has 0 amide bonds. The van der Waals surface area contributed by atoms with Crippen LogP contribution in [0.3, 0.4) is 0 Å². The molecule has 0 aromatic carbocycles. The first kappa shape index (κ1) is 16.9. The Balaban J connectivity index is 2.59. The Labute approximate surface area is 119 Å². The van der Waals surface area contributed by atoms with Gasteiger partial charge in [0.1, 0.15) is 0 Å². The normalized spacial score (nSPS) is 16.9. The average Bonchev–Trinajstić information content (AvgIpc) is 2.38. The maximum Gasteiger partial charge on any atom is 0.0443 e. The number of rotatable bonds is 11. The highest BCUT2D eigenvalue weighted by molar-refractivity contribution is 4.88. The van der Waals surface area contributed by atoms with Crippen molar-refractivity contribution in [2.45, 2.75) is 65.3 Å². The first-order valence-corrected chi connectivity index (χ1v) is 8.27. The zero-order valence-electron chi connectivity index (χ0n) is 13.2. The smallest absolute Gasteiger partial charge is 0.0443 e. The van der Waals surface area contributed by atoms with Crippen molar-refractivity contribution in [2.75, 3.05) is 32.8 Å². The first-order valence-electron chi connectivity index (χ1n) is 8.27. The Morgan fingerprint density at radius 2 is 1.89 bits per heavy atom. The lowest BCUT2D eigenvalue weighted by molar-refractivity contribution is 0.0571. The van der Waals surface area contributed by atoms with Gasteiger partial charge in [-0.1, -0.05) is 27.2 Å². The SMILES string of the molecule is CCNCC(CC)(CC)CN(CCCO)C1CCC1. The molecule has 114 valence electrons. The number of hydrogen-bond acceptors (Lipinski definition) is 3. The minimum absolute atomic E-state index is 0.321. The highest BCUT2D eigenvalue weighted by Gasteiger charge is 2.33. The Hall–Kier alpha value is -0.120. The van der Waals surface area contributed by atoms with Crippen molar-refractivity contribution in [3.05, 3.63) is 0 Å². The molecule has 1 aliphatic carbocycles. The molecule has 0 heterocycles. The predicted molar refractivity (Wildman–Crippen MR) is 82.5 cm³/mol.